The van der Waals surface area contributed by atoms with E-state index in [4.69, 9.17) is 5.26 Å². The standard InChI is InChI=1S/C11H15N5/c1-15-5-7-16(8-6-15)14-10-3-2-4-13-11(10)9-12/h2-4,14H,5-8H2,1H3. The Morgan fingerprint density at radius 1 is 1.38 bits per heavy atom. The van der Waals surface area contributed by atoms with E-state index in [1.807, 2.05) is 12.1 Å². The molecule has 1 aliphatic rings. The van der Waals surface area contributed by atoms with Crippen LogP contribution < -0.4 is 5.43 Å². The Labute approximate surface area is 95.3 Å². The molecule has 1 aromatic heterocycles. The summed E-state index contributed by atoms with van der Waals surface area (Å²) in [6, 6.07) is 5.79. The molecule has 1 saturated heterocycles. The highest BCUT2D eigenvalue weighted by Gasteiger charge is 2.14. The molecule has 0 unspecified atom stereocenters. The maximum atomic E-state index is 8.91. The average Bonchev–Trinajstić information content (AvgIpc) is 2.33. The maximum Gasteiger partial charge on any atom is 0.164 e. The van der Waals surface area contributed by atoms with Gasteiger partial charge in [-0.1, -0.05) is 0 Å². The van der Waals surface area contributed by atoms with Gasteiger partial charge in [0.05, 0.1) is 5.69 Å². The lowest BCUT2D eigenvalue weighted by Gasteiger charge is -2.33. The van der Waals surface area contributed by atoms with Gasteiger partial charge in [0.15, 0.2) is 5.69 Å². The van der Waals surface area contributed by atoms with Gasteiger partial charge in [-0.25, -0.2) is 9.99 Å². The molecular formula is C11H15N5. The summed E-state index contributed by atoms with van der Waals surface area (Å²) in [5, 5.41) is 11.0. The second-order valence-electron chi connectivity index (χ2n) is 3.91. The molecule has 16 heavy (non-hydrogen) atoms. The van der Waals surface area contributed by atoms with Crippen molar-refractivity contribution in [3.63, 3.8) is 0 Å². The zero-order valence-corrected chi connectivity index (χ0v) is 9.35. The van der Waals surface area contributed by atoms with Crippen LogP contribution >= 0.6 is 0 Å². The Kier molecular flexibility index (Phi) is 3.34. The van der Waals surface area contributed by atoms with E-state index in [-0.39, 0.29) is 0 Å². The predicted molar refractivity (Wildman–Crippen MR) is 61.6 cm³/mol. The van der Waals surface area contributed by atoms with Gasteiger partial charge in [0.25, 0.3) is 0 Å². The molecule has 2 rings (SSSR count). The van der Waals surface area contributed by atoms with E-state index in [2.05, 4.69) is 33.4 Å². The molecule has 0 radical (unpaired) electrons. The second-order valence-corrected chi connectivity index (χ2v) is 3.91. The Balaban J connectivity index is 2.01. The number of nitrogens with one attached hydrogen (secondary N) is 1. The quantitative estimate of drug-likeness (QED) is 0.783. The van der Waals surface area contributed by atoms with E-state index in [0.29, 0.717) is 5.69 Å². The van der Waals surface area contributed by atoms with E-state index in [1.54, 1.807) is 6.20 Å². The third kappa shape index (κ3) is 2.48. The van der Waals surface area contributed by atoms with Crippen molar-refractivity contribution in [1.82, 2.24) is 14.9 Å². The molecule has 0 aliphatic carbocycles. The summed E-state index contributed by atoms with van der Waals surface area (Å²) < 4.78 is 0. The highest BCUT2D eigenvalue weighted by molar-refractivity contribution is 5.52. The molecule has 0 spiro atoms. The number of hydrogen-bond donors (Lipinski definition) is 1. The van der Waals surface area contributed by atoms with E-state index < -0.39 is 0 Å². The van der Waals surface area contributed by atoms with Gasteiger partial charge >= 0.3 is 0 Å². The number of nitriles is 1. The monoisotopic (exact) mass is 217 g/mol. The number of hydrazine groups is 1. The lowest BCUT2D eigenvalue weighted by atomic mass is 10.3. The van der Waals surface area contributed by atoms with Crippen LogP contribution in [0.4, 0.5) is 5.69 Å². The van der Waals surface area contributed by atoms with Crippen molar-refractivity contribution in [3.8, 4) is 6.07 Å². The third-order valence-electron chi connectivity index (χ3n) is 2.70. The van der Waals surface area contributed by atoms with Crippen LogP contribution in [0, 0.1) is 11.3 Å². The minimum absolute atomic E-state index is 0.446. The molecule has 5 nitrogen and oxygen atoms in total. The lowest BCUT2D eigenvalue weighted by molar-refractivity contribution is 0.179. The van der Waals surface area contributed by atoms with Crippen molar-refractivity contribution < 1.29 is 0 Å². The number of hydrogen-bond acceptors (Lipinski definition) is 5. The molecule has 84 valence electrons. The van der Waals surface area contributed by atoms with Gasteiger partial charge in [0, 0.05) is 32.4 Å². The summed E-state index contributed by atoms with van der Waals surface area (Å²) in [6.07, 6.45) is 1.63. The molecule has 0 saturated carbocycles. The van der Waals surface area contributed by atoms with Crippen LogP contribution in [0.1, 0.15) is 5.69 Å². The van der Waals surface area contributed by atoms with Crippen molar-refractivity contribution in [1.29, 1.82) is 5.26 Å². The van der Waals surface area contributed by atoms with Crippen molar-refractivity contribution in [2.24, 2.45) is 0 Å². The van der Waals surface area contributed by atoms with Crippen LogP contribution in [0.3, 0.4) is 0 Å². The van der Waals surface area contributed by atoms with E-state index in [0.717, 1.165) is 31.9 Å². The Hall–Kier alpha value is -1.64. The fourth-order valence-corrected chi connectivity index (χ4v) is 1.67. The Morgan fingerprint density at radius 2 is 2.12 bits per heavy atom. The van der Waals surface area contributed by atoms with Crippen LogP contribution in [0.5, 0.6) is 0 Å². The summed E-state index contributed by atoms with van der Waals surface area (Å²) in [4.78, 5) is 6.30. The van der Waals surface area contributed by atoms with Gasteiger partial charge in [-0.05, 0) is 19.2 Å². The SMILES string of the molecule is CN1CCN(Nc2cccnc2C#N)CC1. The molecule has 2 heterocycles. The molecule has 0 amide bonds. The fourth-order valence-electron chi connectivity index (χ4n) is 1.67. The zero-order chi connectivity index (χ0) is 11.4. The number of nitrogens with zero attached hydrogens (tertiary/aromatic N) is 4. The predicted octanol–water partition coefficient (Wildman–Crippen LogP) is 0.528. The topological polar surface area (TPSA) is 55.2 Å². The molecular weight excluding hydrogens is 202 g/mol. The van der Waals surface area contributed by atoms with E-state index >= 15 is 0 Å². The Bertz CT molecular complexity index is 390. The number of likely N-dealkylation sites (N-methyl/N-ethyl adjacent to an activating group) is 1. The third-order valence-corrected chi connectivity index (χ3v) is 2.70. The minimum atomic E-state index is 0.446. The van der Waals surface area contributed by atoms with Gasteiger partial charge in [0.2, 0.25) is 0 Å². The van der Waals surface area contributed by atoms with Crippen LogP contribution in [0.2, 0.25) is 0 Å². The number of pyridine rings is 1. The fraction of sp³-hybridized carbons (Fsp3) is 0.455. The van der Waals surface area contributed by atoms with Crippen molar-refractivity contribution in [3.05, 3.63) is 24.0 Å². The zero-order valence-electron chi connectivity index (χ0n) is 9.35. The van der Waals surface area contributed by atoms with Crippen molar-refractivity contribution in [2.45, 2.75) is 0 Å². The first-order valence-electron chi connectivity index (χ1n) is 5.35. The van der Waals surface area contributed by atoms with Gasteiger partial charge < -0.3 is 10.3 Å². The summed E-state index contributed by atoms with van der Waals surface area (Å²) in [7, 11) is 2.11. The summed E-state index contributed by atoms with van der Waals surface area (Å²) in [6.45, 7) is 3.98. The molecule has 0 aromatic carbocycles. The summed E-state index contributed by atoms with van der Waals surface area (Å²) in [5.74, 6) is 0. The van der Waals surface area contributed by atoms with Gasteiger partial charge in [-0.2, -0.15) is 5.26 Å². The minimum Gasteiger partial charge on any atom is -0.316 e. The first kappa shape index (κ1) is 10.9. The normalized spacial score (nSPS) is 18.0. The van der Waals surface area contributed by atoms with Crippen LogP contribution in [-0.4, -0.2) is 48.1 Å². The molecule has 1 N–H and O–H groups in total. The van der Waals surface area contributed by atoms with E-state index in [9.17, 15) is 0 Å². The van der Waals surface area contributed by atoms with Crippen LogP contribution in [0.25, 0.3) is 0 Å². The van der Waals surface area contributed by atoms with E-state index in [1.165, 1.54) is 0 Å². The summed E-state index contributed by atoms with van der Waals surface area (Å²) in [5.41, 5.74) is 4.47. The van der Waals surface area contributed by atoms with Gasteiger partial charge in [-0.3, -0.25) is 0 Å². The molecule has 1 fully saturated rings. The molecule has 0 atom stereocenters. The summed E-state index contributed by atoms with van der Waals surface area (Å²) >= 11 is 0. The first-order chi connectivity index (χ1) is 7.79. The molecule has 1 aromatic rings. The van der Waals surface area contributed by atoms with Gasteiger partial charge in [0.1, 0.15) is 6.07 Å². The van der Waals surface area contributed by atoms with Crippen molar-refractivity contribution in [2.75, 3.05) is 38.7 Å². The Morgan fingerprint density at radius 3 is 2.81 bits per heavy atom. The van der Waals surface area contributed by atoms with Gasteiger partial charge in [-0.15, -0.1) is 0 Å². The van der Waals surface area contributed by atoms with Crippen molar-refractivity contribution >= 4 is 5.69 Å². The smallest absolute Gasteiger partial charge is 0.164 e. The number of anilines is 1. The highest BCUT2D eigenvalue weighted by Crippen LogP contribution is 2.12. The largest absolute Gasteiger partial charge is 0.316 e. The van der Waals surface area contributed by atoms with Crippen LogP contribution in [0.15, 0.2) is 18.3 Å². The second kappa shape index (κ2) is 4.92. The number of aromatic nitrogens is 1. The first-order valence-corrected chi connectivity index (χ1v) is 5.35. The maximum absolute atomic E-state index is 8.91. The molecule has 0 bridgehead atoms. The number of piperazine rings is 1. The average molecular weight is 217 g/mol. The molecule has 5 heteroatoms. The number of rotatable bonds is 2. The lowest BCUT2D eigenvalue weighted by Crippen LogP contribution is -2.47. The molecule has 1 aliphatic heterocycles. The highest BCUT2D eigenvalue weighted by atomic mass is 15.5. The van der Waals surface area contributed by atoms with Crippen LogP contribution in [-0.2, 0) is 0 Å².